The number of hydrogen-bond donors (Lipinski definition) is 1. The van der Waals surface area contributed by atoms with Gasteiger partial charge in [-0.3, -0.25) is 0 Å². The number of hydrogen-bond acceptors (Lipinski definition) is 1. The van der Waals surface area contributed by atoms with Crippen molar-refractivity contribution < 1.29 is 5.11 Å². The molecule has 0 saturated carbocycles. The van der Waals surface area contributed by atoms with Crippen molar-refractivity contribution in [3.63, 3.8) is 0 Å². The Balaban J connectivity index is -0.000000149. The second kappa shape index (κ2) is 11.8. The molecule has 0 aromatic heterocycles. The molecule has 11 heavy (non-hydrogen) atoms. The lowest BCUT2D eigenvalue weighted by atomic mass is 10.3. The van der Waals surface area contributed by atoms with E-state index in [2.05, 4.69) is 0 Å². The minimum atomic E-state index is 0. The van der Waals surface area contributed by atoms with Gasteiger partial charge in [0.2, 0.25) is 0 Å². The summed E-state index contributed by atoms with van der Waals surface area (Å²) in [6.07, 6.45) is 0. The summed E-state index contributed by atoms with van der Waals surface area (Å²) in [5, 5.41) is 8.63. The van der Waals surface area contributed by atoms with Crippen LogP contribution in [0.2, 0.25) is 0 Å². The Morgan fingerprint density at radius 1 is 0.909 bits per heavy atom. The van der Waals surface area contributed by atoms with Crippen LogP contribution in [-0.2, 0) is 0 Å². The normalized spacial score (nSPS) is 6.00. The second-order valence-corrected chi connectivity index (χ2v) is 1.34. The zero-order valence-electron chi connectivity index (χ0n) is 5.83. The first-order valence-corrected chi connectivity index (χ1v) is 3.13. The summed E-state index contributed by atoms with van der Waals surface area (Å²) < 4.78 is 0. The fraction of sp³-hybridized carbons (Fsp3) is 0.400. The third-order valence-electron chi connectivity index (χ3n) is 0.756. The lowest BCUT2D eigenvalue weighted by Gasteiger charge is -1.82. The van der Waals surface area contributed by atoms with Gasteiger partial charge in [-0.15, -0.1) is 0 Å². The minimum Gasteiger partial charge on any atom is -0.508 e. The van der Waals surface area contributed by atoms with Gasteiger partial charge in [0.25, 0.3) is 0 Å². The van der Waals surface area contributed by atoms with E-state index in [0.717, 1.165) is 0 Å². The number of benzene rings is 1. The van der Waals surface area contributed by atoms with Crippen molar-refractivity contribution in [1.29, 1.82) is 0 Å². The summed E-state index contributed by atoms with van der Waals surface area (Å²) in [4.78, 5) is 0. The van der Waals surface area contributed by atoms with Gasteiger partial charge in [0, 0.05) is 0 Å². The van der Waals surface area contributed by atoms with Crippen molar-refractivity contribution in [2.45, 2.75) is 28.7 Å². The van der Waals surface area contributed by atoms with E-state index < -0.39 is 0 Å². The summed E-state index contributed by atoms with van der Waals surface area (Å²) >= 11 is 0. The minimum absolute atomic E-state index is 0. The van der Waals surface area contributed by atoms with E-state index in [9.17, 15) is 0 Å². The number of rotatable bonds is 0. The number of phenolic OH excluding ortho intramolecular Hbond substituents is 1. The lowest BCUT2D eigenvalue weighted by Crippen LogP contribution is -1.56. The third-order valence-corrected chi connectivity index (χ3v) is 0.756. The maximum atomic E-state index is 8.63. The molecule has 0 bridgehead atoms. The molecule has 1 N–H and O–H groups in total. The first-order chi connectivity index (χ1) is 4.39. The summed E-state index contributed by atoms with van der Waals surface area (Å²) in [7, 11) is 0. The molecular weight excluding hydrogens is 136 g/mol. The molecule has 0 saturated heterocycles. The summed E-state index contributed by atoms with van der Waals surface area (Å²) in [6, 6.07) is 8.71. The van der Waals surface area contributed by atoms with Gasteiger partial charge in [-0.25, -0.2) is 0 Å². The van der Waals surface area contributed by atoms with Gasteiger partial charge >= 0.3 is 0 Å². The molecule has 66 valence electrons. The van der Waals surface area contributed by atoms with E-state index in [-0.39, 0.29) is 14.9 Å². The number of para-hydroxylation sites is 1. The summed E-state index contributed by atoms with van der Waals surface area (Å²) in [6.45, 7) is 4.00. The van der Waals surface area contributed by atoms with E-state index in [4.69, 9.17) is 5.11 Å². The molecule has 1 rings (SSSR count). The van der Waals surface area contributed by atoms with Crippen molar-refractivity contribution in [2.75, 3.05) is 0 Å². The Labute approximate surface area is 70.7 Å². The van der Waals surface area contributed by atoms with Crippen molar-refractivity contribution in [3.05, 3.63) is 30.3 Å². The standard InChI is InChI=1S/C6H6O.C2H6.2CH4/c7-6-4-2-1-3-5-6;1-2;;/h1-5,7H;1-2H3;2*1H4. The predicted molar refractivity (Wildman–Crippen MR) is 52.9 cm³/mol. The Morgan fingerprint density at radius 3 is 1.45 bits per heavy atom. The molecule has 0 aliphatic heterocycles. The largest absolute Gasteiger partial charge is 0.508 e. The fourth-order valence-electron chi connectivity index (χ4n) is 0.428. The molecule has 0 aliphatic rings. The topological polar surface area (TPSA) is 20.2 Å². The van der Waals surface area contributed by atoms with Crippen LogP contribution in [-0.4, -0.2) is 5.11 Å². The molecule has 0 spiro atoms. The van der Waals surface area contributed by atoms with Gasteiger partial charge in [0.05, 0.1) is 0 Å². The maximum Gasteiger partial charge on any atom is 0.115 e. The average molecular weight is 156 g/mol. The highest BCUT2D eigenvalue weighted by Crippen LogP contribution is 2.02. The first-order valence-electron chi connectivity index (χ1n) is 3.13. The van der Waals surface area contributed by atoms with Crippen LogP contribution in [0.15, 0.2) is 30.3 Å². The van der Waals surface area contributed by atoms with Crippen LogP contribution in [0.4, 0.5) is 0 Å². The molecule has 1 heteroatoms. The molecule has 0 aliphatic carbocycles. The zero-order chi connectivity index (χ0) is 7.11. The Hall–Kier alpha value is -0.980. The van der Waals surface area contributed by atoms with Gasteiger partial charge in [-0.05, 0) is 12.1 Å². The molecule has 1 nitrogen and oxygen atoms in total. The van der Waals surface area contributed by atoms with Crippen LogP contribution in [0.5, 0.6) is 5.75 Å². The Bertz CT molecular complexity index is 135. The molecule has 0 fully saturated rings. The van der Waals surface area contributed by atoms with Crippen molar-refractivity contribution in [3.8, 4) is 5.75 Å². The van der Waals surface area contributed by atoms with Crippen LogP contribution in [0, 0.1) is 0 Å². The monoisotopic (exact) mass is 156 g/mol. The van der Waals surface area contributed by atoms with Crippen LogP contribution < -0.4 is 0 Å². The van der Waals surface area contributed by atoms with Gasteiger partial charge < -0.3 is 5.11 Å². The van der Waals surface area contributed by atoms with Crippen LogP contribution in [0.25, 0.3) is 0 Å². The molecule has 1 aromatic rings. The second-order valence-electron chi connectivity index (χ2n) is 1.34. The molecule has 0 heterocycles. The van der Waals surface area contributed by atoms with Gasteiger partial charge in [0.1, 0.15) is 5.75 Å². The van der Waals surface area contributed by atoms with E-state index in [0.29, 0.717) is 5.75 Å². The van der Waals surface area contributed by atoms with Crippen LogP contribution in [0.1, 0.15) is 28.7 Å². The number of aromatic hydroxyl groups is 1. The van der Waals surface area contributed by atoms with Crippen LogP contribution in [0.3, 0.4) is 0 Å². The van der Waals surface area contributed by atoms with E-state index in [1.807, 2.05) is 19.9 Å². The van der Waals surface area contributed by atoms with Crippen molar-refractivity contribution >= 4 is 0 Å². The predicted octanol–water partition coefficient (Wildman–Crippen LogP) is 3.69. The smallest absolute Gasteiger partial charge is 0.115 e. The summed E-state index contributed by atoms with van der Waals surface area (Å²) in [5.41, 5.74) is 0. The highest BCUT2D eigenvalue weighted by atomic mass is 16.3. The third kappa shape index (κ3) is 9.02. The molecular formula is C10H20O. The highest BCUT2D eigenvalue weighted by molar-refractivity contribution is 5.18. The van der Waals surface area contributed by atoms with Gasteiger partial charge in [0.15, 0.2) is 0 Å². The van der Waals surface area contributed by atoms with E-state index in [1.165, 1.54) is 0 Å². The SMILES string of the molecule is C.C.CC.Oc1ccccc1. The molecule has 0 unspecified atom stereocenters. The zero-order valence-corrected chi connectivity index (χ0v) is 5.83. The fourth-order valence-corrected chi connectivity index (χ4v) is 0.428. The maximum absolute atomic E-state index is 8.63. The van der Waals surface area contributed by atoms with Crippen molar-refractivity contribution in [1.82, 2.24) is 0 Å². The highest BCUT2D eigenvalue weighted by Gasteiger charge is 1.74. The van der Waals surface area contributed by atoms with Crippen molar-refractivity contribution in [2.24, 2.45) is 0 Å². The number of phenols is 1. The average Bonchev–Trinajstić information content (AvgIpc) is 1.94. The van der Waals surface area contributed by atoms with Gasteiger partial charge in [-0.1, -0.05) is 46.9 Å². The van der Waals surface area contributed by atoms with E-state index >= 15 is 0 Å². The molecule has 0 atom stereocenters. The van der Waals surface area contributed by atoms with Crippen LogP contribution >= 0.6 is 0 Å². The summed E-state index contributed by atoms with van der Waals surface area (Å²) in [5.74, 6) is 0.322. The molecule has 0 radical (unpaired) electrons. The molecule has 0 amide bonds. The first kappa shape index (κ1) is 16.5. The Kier molecular flexibility index (Phi) is 17.7. The van der Waals surface area contributed by atoms with Gasteiger partial charge in [-0.2, -0.15) is 0 Å². The van der Waals surface area contributed by atoms with E-state index in [1.54, 1.807) is 24.3 Å². The molecule has 1 aromatic carbocycles. The lowest BCUT2D eigenvalue weighted by molar-refractivity contribution is 0.475. The Morgan fingerprint density at radius 2 is 1.27 bits per heavy atom. The quantitative estimate of drug-likeness (QED) is 0.607.